The molecule has 0 aliphatic carbocycles. The van der Waals surface area contributed by atoms with Gasteiger partial charge in [0.15, 0.2) is 0 Å². The molecule has 0 atom stereocenters. The average Bonchev–Trinajstić information content (AvgIpc) is 3.00. The summed E-state index contributed by atoms with van der Waals surface area (Å²) in [6.07, 6.45) is 2.30. The van der Waals surface area contributed by atoms with Gasteiger partial charge in [-0.1, -0.05) is 152 Å². The Bertz CT molecular complexity index is 1480. The van der Waals surface area contributed by atoms with E-state index in [2.05, 4.69) is 165 Å². The van der Waals surface area contributed by atoms with Gasteiger partial charge in [-0.3, -0.25) is 0 Å². The van der Waals surface area contributed by atoms with E-state index < -0.39 is 0 Å². The smallest absolute Gasteiger partial charge is 0.362 e. The van der Waals surface area contributed by atoms with E-state index in [1.54, 1.807) is 0 Å². The first-order chi connectivity index (χ1) is 18.8. The van der Waals surface area contributed by atoms with E-state index in [-0.39, 0.29) is 6.92 Å². The quantitative estimate of drug-likeness (QED) is 0.115. The third kappa shape index (κ3) is 5.94. The molecule has 0 aromatic heterocycles. The standard InChI is InChI=1S/C36H31BO/c1-2-38-37(33-26-16-7-17-27-33)36(32-24-14-6-15-25-32)35(31-22-12-5-13-23-31)34(30-20-10-4-11-21-30)28-29-18-8-3-9-19-29/h3-28H,2H2,1H3/b34-28+,36-35-. The van der Waals surface area contributed by atoms with Crippen molar-refractivity contribution in [2.75, 3.05) is 6.61 Å². The predicted molar refractivity (Wildman–Crippen MR) is 164 cm³/mol. The highest BCUT2D eigenvalue weighted by atomic mass is 16.4. The molecule has 0 heterocycles. The maximum atomic E-state index is 6.60. The van der Waals surface area contributed by atoms with Gasteiger partial charge in [0.05, 0.1) is 0 Å². The lowest BCUT2D eigenvalue weighted by molar-refractivity contribution is 0.358. The van der Waals surface area contributed by atoms with Crippen molar-refractivity contribution < 1.29 is 4.65 Å². The monoisotopic (exact) mass is 490 g/mol. The second-order valence-electron chi connectivity index (χ2n) is 9.10. The van der Waals surface area contributed by atoms with Crippen molar-refractivity contribution in [1.29, 1.82) is 0 Å². The van der Waals surface area contributed by atoms with Gasteiger partial charge in [-0.25, -0.2) is 0 Å². The fraction of sp³-hybridized carbons (Fsp3) is 0.0556. The first kappa shape index (κ1) is 25.3. The van der Waals surface area contributed by atoms with Gasteiger partial charge in [0.1, 0.15) is 0 Å². The molecule has 2 heteroatoms. The molecular weight excluding hydrogens is 459 g/mol. The summed E-state index contributed by atoms with van der Waals surface area (Å²) in [6.45, 7) is 2.42. The lowest BCUT2D eigenvalue weighted by atomic mass is 9.50. The molecule has 0 radical (unpaired) electrons. The van der Waals surface area contributed by atoms with E-state index in [0.29, 0.717) is 6.61 Å². The molecule has 184 valence electrons. The zero-order chi connectivity index (χ0) is 26.0. The van der Waals surface area contributed by atoms with Gasteiger partial charge >= 0.3 is 6.92 Å². The van der Waals surface area contributed by atoms with Crippen molar-refractivity contribution in [2.24, 2.45) is 0 Å². The van der Waals surface area contributed by atoms with Crippen LogP contribution in [0.5, 0.6) is 0 Å². The van der Waals surface area contributed by atoms with Gasteiger partial charge in [0, 0.05) is 6.61 Å². The van der Waals surface area contributed by atoms with E-state index in [9.17, 15) is 0 Å². The molecule has 5 rings (SSSR count). The summed E-state index contributed by atoms with van der Waals surface area (Å²) in [7, 11) is 0. The highest BCUT2D eigenvalue weighted by Crippen LogP contribution is 2.40. The summed E-state index contributed by atoms with van der Waals surface area (Å²) < 4.78 is 6.60. The minimum absolute atomic E-state index is 0.248. The van der Waals surface area contributed by atoms with Crippen LogP contribution in [0.15, 0.2) is 152 Å². The Labute approximate surface area is 226 Å². The SMILES string of the molecule is CCOB(/C(=C(\C(=C\c1ccccc1)c1ccccc1)c1ccccc1)c1ccccc1)c1ccccc1. The molecular formula is C36H31BO. The third-order valence-electron chi connectivity index (χ3n) is 6.58. The zero-order valence-corrected chi connectivity index (χ0v) is 21.7. The number of rotatable bonds is 9. The molecule has 0 spiro atoms. The summed E-state index contributed by atoms with van der Waals surface area (Å²) in [5.41, 5.74) is 9.20. The molecule has 0 fully saturated rings. The van der Waals surface area contributed by atoms with Crippen LogP contribution >= 0.6 is 0 Å². The Hall–Kier alpha value is -4.40. The number of allylic oxidation sites excluding steroid dienone is 2. The minimum Gasteiger partial charge on any atom is -0.427 e. The normalized spacial score (nSPS) is 12.1. The Morgan fingerprint density at radius 1 is 0.553 bits per heavy atom. The molecule has 0 aliphatic heterocycles. The lowest BCUT2D eigenvalue weighted by Crippen LogP contribution is -2.36. The first-order valence-corrected chi connectivity index (χ1v) is 13.2. The highest BCUT2D eigenvalue weighted by molar-refractivity contribution is 6.87. The van der Waals surface area contributed by atoms with Crippen molar-refractivity contribution in [2.45, 2.75) is 6.92 Å². The lowest BCUT2D eigenvalue weighted by Gasteiger charge is -2.25. The number of hydrogen-bond donors (Lipinski definition) is 0. The van der Waals surface area contributed by atoms with Gasteiger partial charge in [0.2, 0.25) is 0 Å². The van der Waals surface area contributed by atoms with E-state index >= 15 is 0 Å². The van der Waals surface area contributed by atoms with Crippen LogP contribution in [0.2, 0.25) is 0 Å². The molecule has 0 aliphatic rings. The number of benzene rings is 5. The molecule has 0 saturated heterocycles. The van der Waals surface area contributed by atoms with Crippen LogP contribution in [-0.2, 0) is 4.65 Å². The summed E-state index contributed by atoms with van der Waals surface area (Å²) in [5.74, 6) is 0. The molecule has 1 nitrogen and oxygen atoms in total. The van der Waals surface area contributed by atoms with Gasteiger partial charge < -0.3 is 4.65 Å². The van der Waals surface area contributed by atoms with Crippen LogP contribution in [0.1, 0.15) is 29.2 Å². The topological polar surface area (TPSA) is 9.23 Å². The van der Waals surface area contributed by atoms with Gasteiger partial charge in [0.25, 0.3) is 0 Å². The van der Waals surface area contributed by atoms with Crippen LogP contribution in [0.25, 0.3) is 22.7 Å². The van der Waals surface area contributed by atoms with Crippen molar-refractivity contribution >= 4 is 35.1 Å². The minimum atomic E-state index is -0.248. The van der Waals surface area contributed by atoms with E-state index in [1.807, 2.05) is 0 Å². The maximum Gasteiger partial charge on any atom is 0.362 e. The van der Waals surface area contributed by atoms with Crippen molar-refractivity contribution in [1.82, 2.24) is 0 Å². The second kappa shape index (κ2) is 12.7. The molecule has 0 amide bonds. The Kier molecular flexibility index (Phi) is 8.45. The van der Waals surface area contributed by atoms with Crippen LogP contribution in [0.4, 0.5) is 0 Å². The molecule has 5 aromatic carbocycles. The molecule has 0 unspecified atom stereocenters. The Morgan fingerprint density at radius 3 is 1.53 bits per heavy atom. The van der Waals surface area contributed by atoms with E-state index in [1.165, 1.54) is 0 Å². The molecule has 0 N–H and O–H groups in total. The van der Waals surface area contributed by atoms with E-state index in [4.69, 9.17) is 4.65 Å². The maximum absolute atomic E-state index is 6.60. The molecule has 38 heavy (non-hydrogen) atoms. The molecule has 0 saturated carbocycles. The Morgan fingerprint density at radius 2 is 1.00 bits per heavy atom. The summed E-state index contributed by atoms with van der Waals surface area (Å²) in [4.78, 5) is 0. The van der Waals surface area contributed by atoms with Crippen LogP contribution < -0.4 is 5.46 Å². The third-order valence-corrected chi connectivity index (χ3v) is 6.58. The van der Waals surface area contributed by atoms with Crippen LogP contribution in [-0.4, -0.2) is 13.5 Å². The van der Waals surface area contributed by atoms with Crippen molar-refractivity contribution in [3.05, 3.63) is 174 Å². The number of hydrogen-bond acceptors (Lipinski definition) is 1. The van der Waals surface area contributed by atoms with E-state index in [0.717, 1.165) is 44.3 Å². The largest absolute Gasteiger partial charge is 0.427 e. The summed E-state index contributed by atoms with van der Waals surface area (Å²) >= 11 is 0. The highest BCUT2D eigenvalue weighted by Gasteiger charge is 2.30. The molecule has 5 aromatic rings. The summed E-state index contributed by atoms with van der Waals surface area (Å²) in [6, 6.07) is 53.1. The van der Waals surface area contributed by atoms with Gasteiger partial charge in [-0.05, 0) is 57.3 Å². The van der Waals surface area contributed by atoms with Crippen LogP contribution in [0.3, 0.4) is 0 Å². The predicted octanol–water partition coefficient (Wildman–Crippen LogP) is 8.31. The second-order valence-corrected chi connectivity index (χ2v) is 9.10. The average molecular weight is 490 g/mol. The van der Waals surface area contributed by atoms with Gasteiger partial charge in [-0.2, -0.15) is 0 Å². The fourth-order valence-corrected chi connectivity index (χ4v) is 4.88. The Balaban J connectivity index is 1.91. The summed E-state index contributed by atoms with van der Waals surface area (Å²) in [5, 5.41) is 0. The van der Waals surface area contributed by atoms with Crippen molar-refractivity contribution in [3.63, 3.8) is 0 Å². The molecule has 0 bridgehead atoms. The van der Waals surface area contributed by atoms with Crippen molar-refractivity contribution in [3.8, 4) is 0 Å². The van der Waals surface area contributed by atoms with Gasteiger partial charge in [-0.15, -0.1) is 0 Å². The zero-order valence-electron chi connectivity index (χ0n) is 21.7. The fourth-order valence-electron chi connectivity index (χ4n) is 4.88. The first-order valence-electron chi connectivity index (χ1n) is 13.2. The van der Waals surface area contributed by atoms with Crippen LogP contribution in [0, 0.1) is 0 Å².